The molecule has 6 nitrogen and oxygen atoms in total. The minimum absolute atomic E-state index is 0.104. The number of allylic oxidation sites excluding steroid dienone is 11. The van der Waals surface area contributed by atoms with E-state index in [2.05, 4.69) is 81.5 Å². The summed E-state index contributed by atoms with van der Waals surface area (Å²) >= 11 is 0. The maximum absolute atomic E-state index is 12.9. The van der Waals surface area contributed by atoms with Crippen molar-refractivity contribution in [3.8, 4) is 0 Å². The smallest absolute Gasteiger partial charge is 0.309 e. The molecule has 0 radical (unpaired) electrons. The topological polar surface area (TPSA) is 78.9 Å². The standard InChI is InChI=1S/C75H134O6/c1-4-7-10-13-16-19-22-25-28-30-32-33-34-35-36-37-38-39-40-41-42-43-45-47-50-53-56-59-62-65-68-74(77)80-71-72(70-79-73(76)67-64-61-58-55-52-49-46-27-24-21-18-15-12-9-6-3)81-75(78)69-66-63-60-57-54-51-48-44-31-29-26-23-20-17-14-11-8-5-2/h9,12,18,21,27,29,31,46,52,55,61,64,72H,4-8,10-11,13-17,19-20,22-26,28,30,32-45,47-51,53-54,56-60,62-63,65-71H2,1-3H3/b12-9-,21-18-,31-29-,46-27-,55-52-,64-61-. The predicted octanol–water partition coefficient (Wildman–Crippen LogP) is 24.4. The number of rotatable bonds is 65. The van der Waals surface area contributed by atoms with Gasteiger partial charge in [0.25, 0.3) is 0 Å². The van der Waals surface area contributed by atoms with Crippen molar-refractivity contribution < 1.29 is 28.6 Å². The van der Waals surface area contributed by atoms with Gasteiger partial charge >= 0.3 is 17.9 Å². The third-order valence-corrected chi connectivity index (χ3v) is 15.7. The Morgan fingerprint density at radius 2 is 0.531 bits per heavy atom. The van der Waals surface area contributed by atoms with Gasteiger partial charge in [0.2, 0.25) is 0 Å². The molecule has 0 heterocycles. The van der Waals surface area contributed by atoms with Crippen LogP contribution in [0.5, 0.6) is 0 Å². The van der Waals surface area contributed by atoms with Crippen molar-refractivity contribution in [2.45, 2.75) is 374 Å². The average molecular weight is 1130 g/mol. The molecule has 0 fully saturated rings. The highest BCUT2D eigenvalue weighted by Crippen LogP contribution is 2.18. The van der Waals surface area contributed by atoms with E-state index in [-0.39, 0.29) is 31.6 Å². The quantitative estimate of drug-likeness (QED) is 0.0261. The molecular weight excluding hydrogens is 997 g/mol. The van der Waals surface area contributed by atoms with Gasteiger partial charge in [-0.3, -0.25) is 14.4 Å². The number of carbonyl (C=O) groups excluding carboxylic acids is 3. The second-order valence-electron chi connectivity index (χ2n) is 23.8. The highest BCUT2D eigenvalue weighted by Gasteiger charge is 2.19. The molecule has 0 N–H and O–H groups in total. The maximum Gasteiger partial charge on any atom is 0.309 e. The van der Waals surface area contributed by atoms with Crippen molar-refractivity contribution in [3.63, 3.8) is 0 Å². The van der Waals surface area contributed by atoms with Crippen LogP contribution >= 0.6 is 0 Å². The van der Waals surface area contributed by atoms with Gasteiger partial charge in [-0.2, -0.15) is 0 Å². The molecule has 0 spiro atoms. The maximum atomic E-state index is 12.9. The number of ether oxygens (including phenoxy) is 3. The third-order valence-electron chi connectivity index (χ3n) is 15.7. The van der Waals surface area contributed by atoms with Crippen LogP contribution in [0.3, 0.4) is 0 Å². The van der Waals surface area contributed by atoms with Gasteiger partial charge in [0.15, 0.2) is 6.10 Å². The van der Waals surface area contributed by atoms with E-state index in [1.165, 1.54) is 257 Å². The van der Waals surface area contributed by atoms with Crippen LogP contribution in [0.4, 0.5) is 0 Å². The first kappa shape index (κ1) is 77.9. The Labute approximate surface area is 503 Å². The molecule has 0 bridgehead atoms. The lowest BCUT2D eigenvalue weighted by atomic mass is 10.0. The van der Waals surface area contributed by atoms with Gasteiger partial charge in [-0.05, 0) is 70.6 Å². The Morgan fingerprint density at radius 3 is 0.852 bits per heavy atom. The van der Waals surface area contributed by atoms with Crippen molar-refractivity contribution in [2.75, 3.05) is 13.2 Å². The zero-order valence-corrected chi connectivity index (χ0v) is 54.1. The predicted molar refractivity (Wildman–Crippen MR) is 353 cm³/mol. The summed E-state index contributed by atoms with van der Waals surface area (Å²) in [5, 5.41) is 0. The van der Waals surface area contributed by atoms with E-state index in [0.717, 1.165) is 70.6 Å². The summed E-state index contributed by atoms with van der Waals surface area (Å²) in [5.41, 5.74) is 0. The van der Waals surface area contributed by atoms with E-state index in [9.17, 15) is 14.4 Å². The molecule has 470 valence electrons. The van der Waals surface area contributed by atoms with Gasteiger partial charge in [-0.25, -0.2) is 0 Å². The minimum Gasteiger partial charge on any atom is -0.462 e. The zero-order chi connectivity index (χ0) is 58.5. The van der Waals surface area contributed by atoms with Crippen molar-refractivity contribution in [1.82, 2.24) is 0 Å². The molecule has 0 saturated carbocycles. The monoisotopic (exact) mass is 1130 g/mol. The SMILES string of the molecule is CC/C=C\C/C=C\C/C=C\C/C=C\C/C=C\CC(=O)OCC(COC(=O)CCCCCCCCCCCCCCCCCCCCCCCCCCCCCCCC)OC(=O)CCCCCCCCC/C=C\CCCCCCCCC. The first-order valence-electron chi connectivity index (χ1n) is 35.4. The molecule has 0 rings (SSSR count). The van der Waals surface area contributed by atoms with Gasteiger partial charge < -0.3 is 14.2 Å². The van der Waals surface area contributed by atoms with Gasteiger partial charge in [0, 0.05) is 12.8 Å². The van der Waals surface area contributed by atoms with E-state index in [4.69, 9.17) is 14.2 Å². The fraction of sp³-hybridized carbons (Fsp3) is 0.800. The number of carbonyl (C=O) groups is 3. The summed E-state index contributed by atoms with van der Waals surface area (Å²) in [6, 6.07) is 0. The highest BCUT2D eigenvalue weighted by atomic mass is 16.6. The molecule has 6 heteroatoms. The van der Waals surface area contributed by atoms with E-state index >= 15 is 0 Å². The van der Waals surface area contributed by atoms with Gasteiger partial charge in [0.05, 0.1) is 6.42 Å². The van der Waals surface area contributed by atoms with Crippen LogP contribution in [0.25, 0.3) is 0 Å². The van der Waals surface area contributed by atoms with Gasteiger partial charge in [-0.15, -0.1) is 0 Å². The molecule has 0 aliphatic heterocycles. The van der Waals surface area contributed by atoms with E-state index < -0.39 is 12.1 Å². The minimum atomic E-state index is -0.818. The summed E-state index contributed by atoms with van der Waals surface area (Å²) in [6.07, 6.45) is 91.2. The Kier molecular flexibility index (Phi) is 66.6. The van der Waals surface area contributed by atoms with Crippen molar-refractivity contribution in [2.24, 2.45) is 0 Å². The molecule has 0 aromatic rings. The molecule has 0 saturated heterocycles. The second-order valence-corrected chi connectivity index (χ2v) is 23.8. The zero-order valence-electron chi connectivity index (χ0n) is 54.1. The largest absolute Gasteiger partial charge is 0.462 e. The van der Waals surface area contributed by atoms with Crippen LogP contribution < -0.4 is 0 Å². The third kappa shape index (κ3) is 67.5. The van der Waals surface area contributed by atoms with Crippen LogP contribution in [0, 0.1) is 0 Å². The summed E-state index contributed by atoms with van der Waals surface area (Å²) in [6.45, 7) is 6.49. The van der Waals surface area contributed by atoms with E-state index in [1.807, 2.05) is 12.2 Å². The second kappa shape index (κ2) is 69.3. The highest BCUT2D eigenvalue weighted by molar-refractivity contribution is 5.72. The Morgan fingerprint density at radius 1 is 0.272 bits per heavy atom. The molecule has 0 aliphatic carbocycles. The lowest BCUT2D eigenvalue weighted by molar-refractivity contribution is -0.166. The molecule has 0 aliphatic rings. The summed E-state index contributed by atoms with van der Waals surface area (Å²) < 4.78 is 16.9. The van der Waals surface area contributed by atoms with Gasteiger partial charge in [0.1, 0.15) is 13.2 Å². The van der Waals surface area contributed by atoms with Crippen LogP contribution in [-0.2, 0) is 28.6 Å². The van der Waals surface area contributed by atoms with Crippen molar-refractivity contribution in [3.05, 3.63) is 72.9 Å². The Hall–Kier alpha value is -3.15. The molecule has 81 heavy (non-hydrogen) atoms. The van der Waals surface area contributed by atoms with Crippen molar-refractivity contribution >= 4 is 17.9 Å². The van der Waals surface area contributed by atoms with Crippen molar-refractivity contribution in [1.29, 1.82) is 0 Å². The lowest BCUT2D eigenvalue weighted by Crippen LogP contribution is -2.30. The Bertz CT molecular complexity index is 1490. The first-order valence-corrected chi connectivity index (χ1v) is 35.4. The lowest BCUT2D eigenvalue weighted by Gasteiger charge is -2.18. The van der Waals surface area contributed by atoms with E-state index in [0.29, 0.717) is 12.8 Å². The molecule has 1 atom stereocenters. The molecule has 0 aromatic carbocycles. The number of unbranched alkanes of at least 4 members (excludes halogenated alkanes) is 43. The average Bonchev–Trinajstić information content (AvgIpc) is 3.47. The number of esters is 3. The summed E-state index contributed by atoms with van der Waals surface area (Å²) in [7, 11) is 0. The first-order chi connectivity index (χ1) is 40.0. The fourth-order valence-electron chi connectivity index (χ4n) is 10.5. The number of hydrogen-bond acceptors (Lipinski definition) is 6. The van der Waals surface area contributed by atoms with Crippen LogP contribution in [0.1, 0.15) is 367 Å². The van der Waals surface area contributed by atoms with Crippen LogP contribution in [-0.4, -0.2) is 37.2 Å². The number of hydrogen-bond donors (Lipinski definition) is 0. The van der Waals surface area contributed by atoms with Crippen LogP contribution in [0.2, 0.25) is 0 Å². The molecule has 0 amide bonds. The Balaban J connectivity index is 4.25. The summed E-state index contributed by atoms with van der Waals surface area (Å²) in [5.74, 6) is -1.02. The molecule has 0 aromatic heterocycles. The molecular formula is C75H134O6. The van der Waals surface area contributed by atoms with Crippen LogP contribution in [0.15, 0.2) is 72.9 Å². The summed E-state index contributed by atoms with van der Waals surface area (Å²) in [4.78, 5) is 38.3. The normalized spacial score (nSPS) is 12.5. The van der Waals surface area contributed by atoms with Gasteiger partial charge in [-0.1, -0.05) is 351 Å². The fourth-order valence-corrected chi connectivity index (χ4v) is 10.5. The molecule has 1 unspecified atom stereocenters. The van der Waals surface area contributed by atoms with E-state index in [1.54, 1.807) is 0 Å².